The van der Waals surface area contributed by atoms with E-state index in [4.69, 9.17) is 11.6 Å². The van der Waals surface area contributed by atoms with Crippen molar-refractivity contribution >= 4 is 17.5 Å². The lowest BCUT2D eigenvalue weighted by molar-refractivity contribution is -0.125. The molecule has 3 heteroatoms. The van der Waals surface area contributed by atoms with Gasteiger partial charge in [0.05, 0.1) is 0 Å². The van der Waals surface area contributed by atoms with Crippen LogP contribution in [-0.2, 0) is 4.79 Å². The molecule has 0 saturated heterocycles. The van der Waals surface area contributed by atoms with E-state index in [1.165, 1.54) is 0 Å². The Morgan fingerprint density at radius 1 is 1.29 bits per heavy atom. The van der Waals surface area contributed by atoms with Crippen molar-refractivity contribution in [3.63, 3.8) is 0 Å². The van der Waals surface area contributed by atoms with Gasteiger partial charge in [0.25, 0.3) is 0 Å². The molecule has 0 heterocycles. The summed E-state index contributed by atoms with van der Waals surface area (Å²) in [5.74, 6) is 0.349. The lowest BCUT2D eigenvalue weighted by atomic mass is 9.97. The molecule has 1 atom stereocenters. The largest absolute Gasteiger partial charge is 0.354 e. The van der Waals surface area contributed by atoms with Gasteiger partial charge in [-0.1, -0.05) is 26.7 Å². The van der Waals surface area contributed by atoms with Gasteiger partial charge in [-0.2, -0.15) is 0 Å². The van der Waals surface area contributed by atoms with Gasteiger partial charge in [0.2, 0.25) is 5.91 Å². The minimum atomic E-state index is 0.0165. The number of hydrogen-bond donors (Lipinski definition) is 1. The maximum absolute atomic E-state index is 11.7. The van der Waals surface area contributed by atoms with Crippen LogP contribution in [0.2, 0.25) is 0 Å². The zero-order valence-electron chi connectivity index (χ0n) is 9.48. The van der Waals surface area contributed by atoms with Crippen LogP contribution in [0.15, 0.2) is 0 Å². The first-order chi connectivity index (χ1) is 6.61. The number of rotatable bonds is 7. The van der Waals surface area contributed by atoms with Crippen LogP contribution in [0.1, 0.15) is 46.5 Å². The van der Waals surface area contributed by atoms with Crippen molar-refractivity contribution < 1.29 is 4.79 Å². The van der Waals surface area contributed by atoms with Crippen LogP contribution in [0, 0.1) is 5.92 Å². The van der Waals surface area contributed by atoms with Crippen LogP contribution in [0.3, 0.4) is 0 Å². The first-order valence-electron chi connectivity index (χ1n) is 5.53. The van der Waals surface area contributed by atoms with Crippen molar-refractivity contribution in [2.45, 2.75) is 51.8 Å². The Bertz CT molecular complexity index is 153. The molecule has 0 radical (unpaired) electrons. The Labute approximate surface area is 92.4 Å². The number of carbonyl (C=O) groups is 1. The van der Waals surface area contributed by atoms with Crippen molar-refractivity contribution in [2.24, 2.45) is 5.92 Å². The van der Waals surface area contributed by atoms with E-state index in [1.54, 1.807) is 0 Å². The second kappa shape index (κ2) is 8.10. The van der Waals surface area contributed by atoms with Crippen LogP contribution in [0.25, 0.3) is 0 Å². The van der Waals surface area contributed by atoms with Gasteiger partial charge in [0.15, 0.2) is 0 Å². The Hall–Kier alpha value is -0.240. The molecule has 1 N–H and O–H groups in total. The third-order valence-electron chi connectivity index (χ3n) is 2.20. The minimum Gasteiger partial charge on any atom is -0.354 e. The van der Waals surface area contributed by atoms with E-state index < -0.39 is 0 Å². The van der Waals surface area contributed by atoms with Gasteiger partial charge in [-0.05, 0) is 19.8 Å². The molecule has 0 fully saturated rings. The van der Waals surface area contributed by atoms with Crippen LogP contribution < -0.4 is 5.32 Å². The highest BCUT2D eigenvalue weighted by molar-refractivity contribution is 6.20. The van der Waals surface area contributed by atoms with Crippen LogP contribution in [0.4, 0.5) is 0 Å². The van der Waals surface area contributed by atoms with Gasteiger partial charge >= 0.3 is 0 Å². The molecule has 0 aromatic heterocycles. The zero-order chi connectivity index (χ0) is 11.0. The van der Waals surface area contributed by atoms with E-state index in [-0.39, 0.29) is 17.2 Å². The minimum absolute atomic E-state index is 0.0165. The lowest BCUT2D eigenvalue weighted by Gasteiger charge is -2.15. The van der Waals surface area contributed by atoms with Crippen LogP contribution in [0.5, 0.6) is 0 Å². The van der Waals surface area contributed by atoms with Gasteiger partial charge in [-0.3, -0.25) is 4.79 Å². The number of carbonyl (C=O) groups excluding carboxylic acids is 1. The number of hydrogen-bond acceptors (Lipinski definition) is 1. The van der Waals surface area contributed by atoms with E-state index in [0.29, 0.717) is 6.54 Å². The van der Waals surface area contributed by atoms with E-state index >= 15 is 0 Å². The molecule has 84 valence electrons. The van der Waals surface area contributed by atoms with E-state index in [0.717, 1.165) is 25.7 Å². The molecule has 14 heavy (non-hydrogen) atoms. The fourth-order valence-corrected chi connectivity index (χ4v) is 1.57. The summed E-state index contributed by atoms with van der Waals surface area (Å²) in [5.41, 5.74) is 0. The van der Waals surface area contributed by atoms with Gasteiger partial charge in [0, 0.05) is 17.8 Å². The zero-order valence-corrected chi connectivity index (χ0v) is 10.2. The highest BCUT2D eigenvalue weighted by Gasteiger charge is 2.16. The molecule has 0 aromatic carbocycles. The molecule has 1 unspecified atom stereocenters. The molecule has 0 rings (SSSR count). The van der Waals surface area contributed by atoms with Crippen molar-refractivity contribution in [2.75, 3.05) is 6.54 Å². The number of alkyl halides is 1. The lowest BCUT2D eigenvalue weighted by Crippen LogP contribution is -2.34. The third-order valence-corrected chi connectivity index (χ3v) is 2.36. The summed E-state index contributed by atoms with van der Waals surface area (Å²) in [5, 5.41) is 2.90. The smallest absolute Gasteiger partial charge is 0.223 e. The van der Waals surface area contributed by atoms with E-state index in [9.17, 15) is 4.79 Å². The van der Waals surface area contributed by atoms with Crippen molar-refractivity contribution in [3.05, 3.63) is 0 Å². The van der Waals surface area contributed by atoms with E-state index in [1.807, 2.05) is 6.92 Å². The van der Waals surface area contributed by atoms with Gasteiger partial charge in [-0.25, -0.2) is 0 Å². The molecule has 0 aliphatic heterocycles. The molecular weight excluding hydrogens is 198 g/mol. The second-order valence-corrected chi connectivity index (χ2v) is 4.55. The predicted molar refractivity (Wildman–Crippen MR) is 61.6 cm³/mol. The first-order valence-corrected chi connectivity index (χ1v) is 5.97. The maximum Gasteiger partial charge on any atom is 0.223 e. The Kier molecular flexibility index (Phi) is 7.96. The maximum atomic E-state index is 11.7. The standard InChI is InChI=1S/C11H22ClNO/c1-4-6-10(7-5-2)11(14)13-8-9(3)12/h9-10H,4-8H2,1-3H3,(H,13,14). The average molecular weight is 220 g/mol. The molecule has 2 nitrogen and oxygen atoms in total. The summed E-state index contributed by atoms with van der Waals surface area (Å²) < 4.78 is 0. The Balaban J connectivity index is 3.88. The molecule has 0 aliphatic rings. The Morgan fingerprint density at radius 2 is 1.79 bits per heavy atom. The fraction of sp³-hybridized carbons (Fsp3) is 0.909. The molecule has 0 spiro atoms. The normalized spacial score (nSPS) is 12.9. The molecule has 0 saturated carbocycles. The summed E-state index contributed by atoms with van der Waals surface area (Å²) in [6.45, 7) is 6.68. The SMILES string of the molecule is CCCC(CCC)C(=O)NCC(C)Cl. The molecule has 0 aliphatic carbocycles. The highest BCUT2D eigenvalue weighted by Crippen LogP contribution is 2.13. The monoisotopic (exact) mass is 219 g/mol. The number of amides is 1. The van der Waals surface area contributed by atoms with Crippen LogP contribution in [-0.4, -0.2) is 17.8 Å². The van der Waals surface area contributed by atoms with E-state index in [2.05, 4.69) is 19.2 Å². The molecule has 0 aromatic rings. The van der Waals surface area contributed by atoms with Gasteiger partial charge in [-0.15, -0.1) is 11.6 Å². The predicted octanol–water partition coefficient (Wildman–Crippen LogP) is 2.95. The Morgan fingerprint density at radius 3 is 2.14 bits per heavy atom. The van der Waals surface area contributed by atoms with Gasteiger partial charge < -0.3 is 5.32 Å². The summed E-state index contributed by atoms with van der Waals surface area (Å²) in [4.78, 5) is 11.7. The average Bonchev–Trinajstić information content (AvgIpc) is 2.14. The quantitative estimate of drug-likeness (QED) is 0.656. The van der Waals surface area contributed by atoms with Crippen molar-refractivity contribution in [1.29, 1.82) is 0 Å². The highest BCUT2D eigenvalue weighted by atomic mass is 35.5. The summed E-state index contributed by atoms with van der Waals surface area (Å²) in [6, 6.07) is 0. The molecular formula is C11H22ClNO. The van der Waals surface area contributed by atoms with Crippen molar-refractivity contribution in [3.8, 4) is 0 Å². The number of halogens is 1. The first kappa shape index (κ1) is 13.8. The molecule has 0 bridgehead atoms. The topological polar surface area (TPSA) is 29.1 Å². The van der Waals surface area contributed by atoms with Gasteiger partial charge in [0.1, 0.15) is 0 Å². The third kappa shape index (κ3) is 6.25. The summed E-state index contributed by atoms with van der Waals surface area (Å²) in [7, 11) is 0. The summed E-state index contributed by atoms with van der Waals surface area (Å²) in [6.07, 6.45) is 4.09. The molecule has 1 amide bonds. The van der Waals surface area contributed by atoms with Crippen molar-refractivity contribution in [1.82, 2.24) is 5.32 Å². The number of nitrogens with one attached hydrogen (secondary N) is 1. The van der Waals surface area contributed by atoms with Crippen LogP contribution >= 0.6 is 11.6 Å². The fourth-order valence-electron chi connectivity index (χ4n) is 1.49. The second-order valence-electron chi connectivity index (χ2n) is 3.80. The summed E-state index contributed by atoms with van der Waals surface area (Å²) >= 11 is 5.77.